The fourth-order valence-corrected chi connectivity index (χ4v) is 2.62. The second-order valence-corrected chi connectivity index (χ2v) is 5.17. The van der Waals surface area contributed by atoms with Crippen LogP contribution in [0.25, 0.3) is 0 Å². The first-order chi connectivity index (χ1) is 7.12. The molecule has 2 heteroatoms. The molecule has 1 aliphatic carbocycles. The maximum atomic E-state index is 8.85. The molecular formula is C13H13NO. The van der Waals surface area contributed by atoms with E-state index in [4.69, 9.17) is 10.00 Å². The van der Waals surface area contributed by atoms with Gasteiger partial charge in [0.15, 0.2) is 0 Å². The molecule has 1 heterocycles. The standard InChI is InChI=1S/C13H13NO/c1-13(2)6-9-4-3-8(7-14)5-10(9)11-12(13)15-11/h3-5,11-12H,6H2,1-2H3/t11-,12-/m1/s1. The Balaban J connectivity index is 2.10. The van der Waals surface area contributed by atoms with Crippen LogP contribution in [0, 0.1) is 16.7 Å². The molecule has 0 N–H and O–H groups in total. The van der Waals surface area contributed by atoms with Gasteiger partial charge in [0.25, 0.3) is 0 Å². The van der Waals surface area contributed by atoms with Gasteiger partial charge >= 0.3 is 0 Å². The fourth-order valence-electron chi connectivity index (χ4n) is 2.62. The van der Waals surface area contributed by atoms with Crippen LogP contribution in [0.3, 0.4) is 0 Å². The van der Waals surface area contributed by atoms with Gasteiger partial charge in [-0.05, 0) is 35.1 Å². The summed E-state index contributed by atoms with van der Waals surface area (Å²) in [6.45, 7) is 4.50. The summed E-state index contributed by atoms with van der Waals surface area (Å²) in [4.78, 5) is 0. The lowest BCUT2D eigenvalue weighted by molar-refractivity contribution is 0.242. The van der Waals surface area contributed by atoms with E-state index in [2.05, 4.69) is 26.0 Å². The molecule has 2 atom stereocenters. The van der Waals surface area contributed by atoms with Gasteiger partial charge in [0.1, 0.15) is 6.10 Å². The van der Waals surface area contributed by atoms with E-state index < -0.39 is 0 Å². The summed E-state index contributed by atoms with van der Waals surface area (Å²) >= 11 is 0. The minimum Gasteiger partial charge on any atom is -0.364 e. The van der Waals surface area contributed by atoms with Crippen molar-refractivity contribution < 1.29 is 4.74 Å². The van der Waals surface area contributed by atoms with Gasteiger partial charge < -0.3 is 4.74 Å². The average molecular weight is 199 g/mol. The lowest BCUT2D eigenvalue weighted by atomic mass is 9.74. The first-order valence-corrected chi connectivity index (χ1v) is 5.30. The smallest absolute Gasteiger partial charge is 0.110 e. The van der Waals surface area contributed by atoms with Crippen molar-refractivity contribution in [2.75, 3.05) is 0 Å². The Bertz CT molecular complexity index is 470. The van der Waals surface area contributed by atoms with Crippen LogP contribution < -0.4 is 0 Å². The monoisotopic (exact) mass is 199 g/mol. The Labute approximate surface area is 89.5 Å². The first kappa shape index (κ1) is 8.94. The summed E-state index contributed by atoms with van der Waals surface area (Å²) in [5.41, 5.74) is 3.56. The Kier molecular flexibility index (Phi) is 1.56. The van der Waals surface area contributed by atoms with Crippen molar-refractivity contribution in [2.45, 2.75) is 32.5 Å². The van der Waals surface area contributed by atoms with E-state index in [0.717, 1.165) is 12.0 Å². The van der Waals surface area contributed by atoms with Crippen molar-refractivity contribution in [1.29, 1.82) is 5.26 Å². The molecule has 1 aliphatic heterocycles. The molecule has 0 amide bonds. The molecule has 1 saturated heterocycles. The molecular weight excluding hydrogens is 186 g/mol. The zero-order chi connectivity index (χ0) is 10.6. The summed E-state index contributed by atoms with van der Waals surface area (Å²) in [5, 5.41) is 8.85. The largest absolute Gasteiger partial charge is 0.364 e. The number of nitriles is 1. The van der Waals surface area contributed by atoms with Crippen molar-refractivity contribution in [1.82, 2.24) is 0 Å². The number of hydrogen-bond donors (Lipinski definition) is 0. The van der Waals surface area contributed by atoms with Gasteiger partial charge in [-0.2, -0.15) is 5.26 Å². The molecule has 0 bridgehead atoms. The topological polar surface area (TPSA) is 36.3 Å². The predicted molar refractivity (Wildman–Crippen MR) is 56.3 cm³/mol. The molecule has 2 aliphatic rings. The maximum Gasteiger partial charge on any atom is 0.110 e. The maximum absolute atomic E-state index is 8.85. The SMILES string of the molecule is CC1(C)Cc2ccc(C#N)cc2[C@H]2O[C@H]21. The molecule has 1 aromatic rings. The van der Waals surface area contributed by atoms with Crippen LogP contribution >= 0.6 is 0 Å². The van der Waals surface area contributed by atoms with Gasteiger partial charge in [0.2, 0.25) is 0 Å². The minimum atomic E-state index is 0.242. The van der Waals surface area contributed by atoms with Gasteiger partial charge in [-0.1, -0.05) is 19.9 Å². The highest BCUT2D eigenvalue weighted by Gasteiger charge is 2.54. The van der Waals surface area contributed by atoms with E-state index >= 15 is 0 Å². The zero-order valence-electron chi connectivity index (χ0n) is 8.95. The Morgan fingerprint density at radius 3 is 3.00 bits per heavy atom. The second kappa shape index (κ2) is 2.62. The normalized spacial score (nSPS) is 29.9. The lowest BCUT2D eigenvalue weighted by Gasteiger charge is -2.27. The van der Waals surface area contributed by atoms with Crippen molar-refractivity contribution >= 4 is 0 Å². The van der Waals surface area contributed by atoms with E-state index in [1.807, 2.05) is 12.1 Å². The van der Waals surface area contributed by atoms with Gasteiger partial charge in [0, 0.05) is 0 Å². The van der Waals surface area contributed by atoms with E-state index in [1.165, 1.54) is 11.1 Å². The molecule has 3 rings (SSSR count). The number of fused-ring (bicyclic) bond motifs is 3. The van der Waals surface area contributed by atoms with Crippen LogP contribution in [0.15, 0.2) is 18.2 Å². The lowest BCUT2D eigenvalue weighted by Crippen LogP contribution is -2.26. The van der Waals surface area contributed by atoms with Gasteiger partial charge in [-0.15, -0.1) is 0 Å². The highest BCUT2D eigenvalue weighted by Crippen LogP contribution is 2.55. The average Bonchev–Trinajstić information content (AvgIpc) is 2.97. The summed E-state index contributed by atoms with van der Waals surface area (Å²) in [6, 6.07) is 8.14. The third-order valence-electron chi connectivity index (χ3n) is 3.49. The summed E-state index contributed by atoms with van der Waals surface area (Å²) in [6.07, 6.45) is 1.66. The van der Waals surface area contributed by atoms with Crippen molar-refractivity contribution in [3.05, 3.63) is 34.9 Å². The molecule has 0 unspecified atom stereocenters. The fraction of sp³-hybridized carbons (Fsp3) is 0.462. The third kappa shape index (κ3) is 1.20. The summed E-state index contributed by atoms with van der Waals surface area (Å²) < 4.78 is 5.71. The molecule has 15 heavy (non-hydrogen) atoms. The van der Waals surface area contributed by atoms with Crippen LogP contribution in [0.2, 0.25) is 0 Å². The van der Waals surface area contributed by atoms with Crippen LogP contribution in [0.4, 0.5) is 0 Å². The highest BCUT2D eigenvalue weighted by molar-refractivity contribution is 5.44. The summed E-state index contributed by atoms with van der Waals surface area (Å²) in [5.74, 6) is 0. The predicted octanol–water partition coefficient (Wildman–Crippen LogP) is 2.58. The zero-order valence-corrected chi connectivity index (χ0v) is 8.95. The van der Waals surface area contributed by atoms with Gasteiger partial charge in [0.05, 0.1) is 17.7 Å². The Morgan fingerprint density at radius 1 is 1.47 bits per heavy atom. The molecule has 0 saturated carbocycles. The van der Waals surface area contributed by atoms with E-state index in [-0.39, 0.29) is 11.5 Å². The van der Waals surface area contributed by atoms with E-state index in [1.54, 1.807) is 0 Å². The van der Waals surface area contributed by atoms with Crippen molar-refractivity contribution in [2.24, 2.45) is 5.41 Å². The van der Waals surface area contributed by atoms with Gasteiger partial charge in [-0.25, -0.2) is 0 Å². The van der Waals surface area contributed by atoms with Crippen LogP contribution in [-0.2, 0) is 11.2 Å². The number of rotatable bonds is 0. The molecule has 0 aromatic heterocycles. The van der Waals surface area contributed by atoms with Crippen molar-refractivity contribution in [3.63, 3.8) is 0 Å². The molecule has 2 nitrogen and oxygen atoms in total. The number of ether oxygens (including phenoxy) is 1. The molecule has 0 spiro atoms. The molecule has 1 aromatic carbocycles. The van der Waals surface area contributed by atoms with Gasteiger partial charge in [-0.3, -0.25) is 0 Å². The first-order valence-electron chi connectivity index (χ1n) is 5.30. The number of epoxide rings is 1. The quantitative estimate of drug-likeness (QED) is 0.602. The second-order valence-electron chi connectivity index (χ2n) is 5.17. The van der Waals surface area contributed by atoms with Crippen molar-refractivity contribution in [3.8, 4) is 6.07 Å². The molecule has 0 radical (unpaired) electrons. The Morgan fingerprint density at radius 2 is 2.27 bits per heavy atom. The third-order valence-corrected chi connectivity index (χ3v) is 3.49. The van der Waals surface area contributed by atoms with Crippen LogP contribution in [0.5, 0.6) is 0 Å². The Hall–Kier alpha value is -1.33. The minimum absolute atomic E-state index is 0.242. The van der Waals surface area contributed by atoms with Crippen LogP contribution in [-0.4, -0.2) is 6.10 Å². The van der Waals surface area contributed by atoms with E-state index in [9.17, 15) is 0 Å². The number of nitrogens with zero attached hydrogens (tertiary/aromatic N) is 1. The van der Waals surface area contributed by atoms with E-state index in [0.29, 0.717) is 6.10 Å². The molecule has 76 valence electrons. The number of benzene rings is 1. The van der Waals surface area contributed by atoms with Crippen LogP contribution in [0.1, 0.15) is 36.6 Å². The summed E-state index contributed by atoms with van der Waals surface area (Å²) in [7, 11) is 0. The molecule has 1 fully saturated rings. The number of hydrogen-bond acceptors (Lipinski definition) is 2. The highest BCUT2D eigenvalue weighted by atomic mass is 16.6.